The van der Waals surface area contributed by atoms with Gasteiger partial charge in [0.1, 0.15) is 23.2 Å². The van der Waals surface area contributed by atoms with Gasteiger partial charge in [0.05, 0.1) is 0 Å². The van der Waals surface area contributed by atoms with E-state index in [9.17, 15) is 0 Å². The minimum absolute atomic E-state index is 0.00599. The third kappa shape index (κ3) is 3.66. The highest BCUT2D eigenvalue weighted by atomic mass is 16.5. The second-order valence-electron chi connectivity index (χ2n) is 7.83. The van der Waals surface area contributed by atoms with Crippen LogP contribution in [0.15, 0.2) is 97.1 Å². The molecular formula is C28H22N4O. The van der Waals surface area contributed by atoms with E-state index in [1.165, 1.54) is 0 Å². The SMILES string of the molecule is N=C(N)c1cccc(C(=C2c3ccccc3Oc3ccccc32)c2cccc(C(=N)N)c2)c1. The van der Waals surface area contributed by atoms with Gasteiger partial charge in [-0.25, -0.2) is 0 Å². The number of amidine groups is 2. The quantitative estimate of drug-likeness (QED) is 0.227. The van der Waals surface area contributed by atoms with Crippen LogP contribution in [0.3, 0.4) is 0 Å². The van der Waals surface area contributed by atoms with Crippen molar-refractivity contribution in [1.29, 1.82) is 10.8 Å². The van der Waals surface area contributed by atoms with Crippen LogP contribution in [0, 0.1) is 10.8 Å². The third-order valence-corrected chi connectivity index (χ3v) is 5.71. The topological polar surface area (TPSA) is 109 Å². The van der Waals surface area contributed by atoms with Crippen molar-refractivity contribution in [3.05, 3.63) is 130 Å². The lowest BCUT2D eigenvalue weighted by atomic mass is 9.83. The van der Waals surface area contributed by atoms with Gasteiger partial charge < -0.3 is 16.2 Å². The number of ether oxygens (including phenoxy) is 1. The summed E-state index contributed by atoms with van der Waals surface area (Å²) in [4.78, 5) is 0. The highest BCUT2D eigenvalue weighted by molar-refractivity contribution is 6.09. The third-order valence-electron chi connectivity index (χ3n) is 5.71. The Hall–Kier alpha value is -4.64. The van der Waals surface area contributed by atoms with Crippen molar-refractivity contribution >= 4 is 22.8 Å². The molecule has 5 nitrogen and oxygen atoms in total. The van der Waals surface area contributed by atoms with E-state index < -0.39 is 0 Å². The zero-order valence-electron chi connectivity index (χ0n) is 17.8. The summed E-state index contributed by atoms with van der Waals surface area (Å²) < 4.78 is 6.21. The lowest BCUT2D eigenvalue weighted by Crippen LogP contribution is -2.12. The molecule has 0 saturated carbocycles. The average molecular weight is 431 g/mol. The molecule has 0 fully saturated rings. The van der Waals surface area contributed by atoms with Crippen LogP contribution in [-0.2, 0) is 0 Å². The van der Waals surface area contributed by atoms with E-state index in [2.05, 4.69) is 0 Å². The second-order valence-corrected chi connectivity index (χ2v) is 7.83. The molecule has 5 rings (SSSR count). The fourth-order valence-corrected chi connectivity index (χ4v) is 4.20. The van der Waals surface area contributed by atoms with Crippen LogP contribution in [0.5, 0.6) is 11.5 Å². The van der Waals surface area contributed by atoms with Crippen LogP contribution in [0.25, 0.3) is 11.1 Å². The molecule has 5 heteroatoms. The van der Waals surface area contributed by atoms with Gasteiger partial charge in [-0.15, -0.1) is 0 Å². The van der Waals surface area contributed by atoms with Crippen molar-refractivity contribution in [2.45, 2.75) is 0 Å². The molecule has 0 amide bonds. The van der Waals surface area contributed by atoms with Gasteiger partial charge in [0.15, 0.2) is 0 Å². The van der Waals surface area contributed by atoms with Gasteiger partial charge in [0.25, 0.3) is 0 Å². The maximum absolute atomic E-state index is 7.94. The van der Waals surface area contributed by atoms with Gasteiger partial charge in [0, 0.05) is 27.8 Å². The van der Waals surface area contributed by atoms with Crippen LogP contribution >= 0.6 is 0 Å². The van der Waals surface area contributed by atoms with Gasteiger partial charge >= 0.3 is 0 Å². The fourth-order valence-electron chi connectivity index (χ4n) is 4.20. The van der Waals surface area contributed by atoms with Gasteiger partial charge in [-0.2, -0.15) is 0 Å². The second kappa shape index (κ2) is 8.13. The van der Waals surface area contributed by atoms with Gasteiger partial charge in [0.2, 0.25) is 0 Å². The van der Waals surface area contributed by atoms with Gasteiger partial charge in [-0.1, -0.05) is 72.8 Å². The van der Waals surface area contributed by atoms with Crippen molar-refractivity contribution in [3.8, 4) is 11.5 Å². The molecule has 0 spiro atoms. The molecule has 1 aliphatic heterocycles. The molecule has 1 heterocycles. The standard InChI is InChI=1S/C28H22N4O/c29-27(30)19-9-5-7-17(15-19)25(18-8-6-10-20(16-18)28(31)32)26-21-11-1-3-13-23(21)33-24-14-4-2-12-22(24)26/h1-16H,(H3,29,30)(H3,31,32). The molecule has 0 radical (unpaired) electrons. The predicted octanol–water partition coefficient (Wildman–Crippen LogP) is 5.37. The number of nitrogens with one attached hydrogen (secondary N) is 2. The normalized spacial score (nSPS) is 11.7. The number of para-hydroxylation sites is 2. The number of rotatable bonds is 4. The Kier molecular flexibility index (Phi) is 4.99. The molecule has 160 valence electrons. The fraction of sp³-hybridized carbons (Fsp3) is 0. The summed E-state index contributed by atoms with van der Waals surface area (Å²) in [6.45, 7) is 0. The first-order chi connectivity index (χ1) is 16.0. The van der Waals surface area contributed by atoms with E-state index >= 15 is 0 Å². The summed E-state index contributed by atoms with van der Waals surface area (Å²) in [5.74, 6) is 1.56. The maximum atomic E-state index is 7.94. The first-order valence-corrected chi connectivity index (χ1v) is 10.5. The number of nitrogen functional groups attached to an aromatic ring is 2. The van der Waals surface area contributed by atoms with Crippen molar-refractivity contribution in [3.63, 3.8) is 0 Å². The molecule has 0 aromatic heterocycles. The molecule has 0 atom stereocenters. The maximum Gasteiger partial charge on any atom is 0.135 e. The zero-order chi connectivity index (χ0) is 22.9. The summed E-state index contributed by atoms with van der Waals surface area (Å²) in [6.07, 6.45) is 0. The smallest absolute Gasteiger partial charge is 0.135 e. The number of nitrogens with two attached hydrogens (primary N) is 2. The minimum atomic E-state index is 0.00599. The first-order valence-electron chi connectivity index (χ1n) is 10.5. The summed E-state index contributed by atoms with van der Waals surface area (Å²) in [5.41, 5.74) is 18.6. The molecule has 0 bridgehead atoms. The number of hydrogen-bond donors (Lipinski definition) is 4. The van der Waals surface area contributed by atoms with E-state index in [0.717, 1.165) is 44.9 Å². The van der Waals surface area contributed by atoms with Crippen LogP contribution in [0.2, 0.25) is 0 Å². The summed E-state index contributed by atoms with van der Waals surface area (Å²) in [5, 5.41) is 15.9. The molecule has 1 aliphatic rings. The van der Waals surface area contributed by atoms with Crippen LogP contribution in [-0.4, -0.2) is 11.7 Å². The lowest BCUT2D eigenvalue weighted by Gasteiger charge is -2.26. The molecule has 33 heavy (non-hydrogen) atoms. The minimum Gasteiger partial charge on any atom is -0.456 e. The van der Waals surface area contributed by atoms with Crippen molar-refractivity contribution in [2.75, 3.05) is 0 Å². The number of hydrogen-bond acceptors (Lipinski definition) is 3. The average Bonchev–Trinajstić information content (AvgIpc) is 2.84. The molecule has 4 aromatic rings. The molecule has 4 aromatic carbocycles. The van der Waals surface area contributed by atoms with Crippen LogP contribution in [0.1, 0.15) is 33.4 Å². The Morgan fingerprint density at radius 1 is 0.545 bits per heavy atom. The van der Waals surface area contributed by atoms with Gasteiger partial charge in [-0.3, -0.25) is 10.8 Å². The molecule has 0 saturated heterocycles. The predicted molar refractivity (Wildman–Crippen MR) is 133 cm³/mol. The Balaban J connectivity index is 1.92. The van der Waals surface area contributed by atoms with Crippen molar-refractivity contribution in [1.82, 2.24) is 0 Å². The largest absolute Gasteiger partial charge is 0.456 e. The monoisotopic (exact) mass is 430 g/mol. The highest BCUT2D eigenvalue weighted by Gasteiger charge is 2.26. The molecular weight excluding hydrogens is 408 g/mol. The van der Waals surface area contributed by atoms with E-state index in [1.807, 2.05) is 97.1 Å². The highest BCUT2D eigenvalue weighted by Crippen LogP contribution is 2.48. The Morgan fingerprint density at radius 2 is 0.970 bits per heavy atom. The summed E-state index contributed by atoms with van der Waals surface area (Å²) in [7, 11) is 0. The Morgan fingerprint density at radius 3 is 1.42 bits per heavy atom. The van der Waals surface area contributed by atoms with Crippen molar-refractivity contribution in [2.24, 2.45) is 11.5 Å². The molecule has 6 N–H and O–H groups in total. The Bertz CT molecular complexity index is 1340. The van der Waals surface area contributed by atoms with Gasteiger partial charge in [-0.05, 0) is 41.0 Å². The first kappa shape index (κ1) is 20.3. The van der Waals surface area contributed by atoms with Crippen molar-refractivity contribution < 1.29 is 4.74 Å². The van der Waals surface area contributed by atoms with E-state index in [0.29, 0.717) is 11.1 Å². The van der Waals surface area contributed by atoms with E-state index in [-0.39, 0.29) is 11.7 Å². The lowest BCUT2D eigenvalue weighted by molar-refractivity contribution is 0.474. The summed E-state index contributed by atoms with van der Waals surface area (Å²) in [6, 6.07) is 31.2. The molecule has 0 aliphatic carbocycles. The molecule has 0 unspecified atom stereocenters. The van der Waals surface area contributed by atoms with E-state index in [4.69, 9.17) is 27.0 Å². The number of benzene rings is 4. The zero-order valence-corrected chi connectivity index (χ0v) is 17.8. The van der Waals surface area contributed by atoms with Crippen LogP contribution in [0.4, 0.5) is 0 Å². The summed E-state index contributed by atoms with van der Waals surface area (Å²) >= 11 is 0. The Labute approximate surface area is 192 Å². The van der Waals surface area contributed by atoms with E-state index in [1.54, 1.807) is 0 Å². The number of fused-ring (bicyclic) bond motifs is 2. The van der Waals surface area contributed by atoms with Crippen LogP contribution < -0.4 is 16.2 Å².